The second kappa shape index (κ2) is 10.5. The summed E-state index contributed by atoms with van der Waals surface area (Å²) in [6.45, 7) is 6.29. The molecular formula is C27H29N3O7. The molecule has 4 rings (SSSR count). The van der Waals surface area contributed by atoms with Gasteiger partial charge in [0.2, 0.25) is 11.8 Å². The Morgan fingerprint density at radius 1 is 0.946 bits per heavy atom. The Morgan fingerprint density at radius 2 is 1.57 bits per heavy atom. The number of carbonyl (C=O) groups excluding carboxylic acids is 5. The maximum atomic E-state index is 12.9. The van der Waals surface area contributed by atoms with Crippen molar-refractivity contribution in [1.29, 1.82) is 0 Å². The maximum Gasteiger partial charge on any atom is 0.407 e. The van der Waals surface area contributed by atoms with Gasteiger partial charge in [0.05, 0.1) is 24.3 Å². The van der Waals surface area contributed by atoms with Crippen LogP contribution in [-0.4, -0.2) is 46.3 Å². The number of nitrogens with zero attached hydrogens (tertiary/aromatic N) is 1. The minimum Gasteiger partial charge on any atom is -0.444 e. The van der Waals surface area contributed by atoms with E-state index < -0.39 is 41.4 Å². The van der Waals surface area contributed by atoms with E-state index in [2.05, 4.69) is 10.6 Å². The van der Waals surface area contributed by atoms with Crippen LogP contribution in [-0.2, 0) is 38.8 Å². The Morgan fingerprint density at radius 3 is 2.24 bits per heavy atom. The number of fused-ring (bicyclic) bond motifs is 1. The van der Waals surface area contributed by atoms with E-state index in [0.717, 1.165) is 16.0 Å². The smallest absolute Gasteiger partial charge is 0.407 e. The van der Waals surface area contributed by atoms with E-state index in [-0.39, 0.29) is 30.6 Å². The number of amides is 5. The van der Waals surface area contributed by atoms with Crippen molar-refractivity contribution in [2.75, 3.05) is 0 Å². The number of alkyl carbamates (subject to hydrolysis) is 1. The lowest BCUT2D eigenvalue weighted by Gasteiger charge is -2.27. The molecule has 10 heteroatoms. The van der Waals surface area contributed by atoms with Crippen LogP contribution in [0.4, 0.5) is 4.79 Å². The van der Waals surface area contributed by atoms with Crippen LogP contribution in [0.2, 0.25) is 0 Å². The van der Waals surface area contributed by atoms with Crippen LogP contribution in [0.15, 0.2) is 42.5 Å². The van der Waals surface area contributed by atoms with Gasteiger partial charge < -0.3 is 14.8 Å². The highest BCUT2D eigenvalue weighted by Crippen LogP contribution is 2.28. The Labute approximate surface area is 214 Å². The van der Waals surface area contributed by atoms with E-state index in [4.69, 9.17) is 9.47 Å². The predicted octanol–water partition coefficient (Wildman–Crippen LogP) is 2.83. The summed E-state index contributed by atoms with van der Waals surface area (Å²) < 4.78 is 11.0. The molecule has 2 heterocycles. The van der Waals surface area contributed by atoms with Crippen LogP contribution in [0.3, 0.4) is 0 Å². The Bertz CT molecular complexity index is 1250. The summed E-state index contributed by atoms with van der Waals surface area (Å²) >= 11 is 0. The summed E-state index contributed by atoms with van der Waals surface area (Å²) in [6, 6.07) is 11.5. The number of imide groups is 2. The van der Waals surface area contributed by atoms with Crippen LogP contribution < -0.4 is 10.6 Å². The normalized spacial score (nSPS) is 17.5. The third kappa shape index (κ3) is 6.21. The molecule has 2 aromatic carbocycles. The van der Waals surface area contributed by atoms with Crippen LogP contribution in [0.1, 0.15) is 71.0 Å². The number of rotatable bonds is 7. The predicted molar refractivity (Wildman–Crippen MR) is 131 cm³/mol. The van der Waals surface area contributed by atoms with Crippen LogP contribution in [0.25, 0.3) is 0 Å². The highest BCUT2D eigenvalue weighted by atomic mass is 16.6. The molecule has 2 N–H and O–H groups in total. The van der Waals surface area contributed by atoms with E-state index in [1.807, 2.05) is 24.3 Å². The third-order valence-corrected chi connectivity index (χ3v) is 5.90. The molecule has 2 aliphatic heterocycles. The van der Waals surface area contributed by atoms with Gasteiger partial charge in [-0.15, -0.1) is 0 Å². The molecule has 10 nitrogen and oxygen atoms in total. The first-order valence-corrected chi connectivity index (χ1v) is 12.0. The molecule has 1 saturated heterocycles. The lowest BCUT2D eigenvalue weighted by atomic mass is 10.0. The van der Waals surface area contributed by atoms with Crippen LogP contribution in [0.5, 0.6) is 0 Å². The molecule has 1 fully saturated rings. The van der Waals surface area contributed by atoms with E-state index in [1.165, 1.54) is 0 Å². The van der Waals surface area contributed by atoms with Crippen LogP contribution >= 0.6 is 0 Å². The van der Waals surface area contributed by atoms with Crippen molar-refractivity contribution in [2.24, 2.45) is 0 Å². The molecule has 0 saturated carbocycles. The Hall–Kier alpha value is -4.05. The number of carbonyl (C=O) groups is 5. The fourth-order valence-corrected chi connectivity index (χ4v) is 4.14. The SMILES string of the molecule is CC(C)(C)OC(=O)NCc1ccc(COCc2ccc3c(c2)C(=O)N(C2CCC(=O)NC2=O)C3=O)cc1. The number of benzene rings is 2. The first-order valence-electron chi connectivity index (χ1n) is 12.0. The maximum absolute atomic E-state index is 12.9. The lowest BCUT2D eigenvalue weighted by Crippen LogP contribution is -2.54. The van der Waals surface area contributed by atoms with Gasteiger partial charge in [-0.2, -0.15) is 0 Å². The number of hydrogen-bond acceptors (Lipinski definition) is 7. The van der Waals surface area contributed by atoms with E-state index in [0.29, 0.717) is 18.7 Å². The zero-order valence-electron chi connectivity index (χ0n) is 21.0. The fraction of sp³-hybridized carbons (Fsp3) is 0.370. The molecule has 5 amide bonds. The largest absolute Gasteiger partial charge is 0.444 e. The molecule has 0 aliphatic carbocycles. The first-order chi connectivity index (χ1) is 17.5. The Kier molecular flexibility index (Phi) is 7.40. The molecule has 0 radical (unpaired) electrons. The average molecular weight is 508 g/mol. The molecule has 2 aromatic rings. The summed E-state index contributed by atoms with van der Waals surface area (Å²) in [5, 5.41) is 4.89. The van der Waals surface area contributed by atoms with Gasteiger partial charge in [0.1, 0.15) is 11.6 Å². The first kappa shape index (κ1) is 26.0. The second-order valence-corrected chi connectivity index (χ2v) is 9.99. The second-order valence-electron chi connectivity index (χ2n) is 9.99. The number of hydrogen-bond donors (Lipinski definition) is 2. The molecule has 2 aliphatic rings. The van der Waals surface area contributed by atoms with Gasteiger partial charge >= 0.3 is 6.09 Å². The van der Waals surface area contributed by atoms with Gasteiger partial charge in [-0.25, -0.2) is 4.79 Å². The van der Waals surface area contributed by atoms with Crippen molar-refractivity contribution in [3.8, 4) is 0 Å². The van der Waals surface area contributed by atoms with Crippen LogP contribution in [0, 0.1) is 0 Å². The van der Waals surface area contributed by atoms with E-state index >= 15 is 0 Å². The molecular weight excluding hydrogens is 478 g/mol. The molecule has 0 bridgehead atoms. The van der Waals surface area contributed by atoms with Gasteiger partial charge in [0.15, 0.2) is 0 Å². The minimum absolute atomic E-state index is 0.0735. The quantitative estimate of drug-likeness (QED) is 0.551. The molecule has 0 aromatic heterocycles. The summed E-state index contributed by atoms with van der Waals surface area (Å²) in [6.07, 6.45) is -0.291. The van der Waals surface area contributed by atoms with Crippen molar-refractivity contribution >= 4 is 29.7 Å². The summed E-state index contributed by atoms with van der Waals surface area (Å²) in [5.74, 6) is -2.14. The van der Waals surface area contributed by atoms with E-state index in [9.17, 15) is 24.0 Å². The minimum atomic E-state index is -0.993. The lowest BCUT2D eigenvalue weighted by molar-refractivity contribution is -0.136. The summed E-state index contributed by atoms with van der Waals surface area (Å²) in [5.41, 5.74) is 2.45. The summed E-state index contributed by atoms with van der Waals surface area (Å²) in [4.78, 5) is 62.1. The van der Waals surface area contributed by atoms with Gasteiger partial charge in [0, 0.05) is 13.0 Å². The van der Waals surface area contributed by atoms with Crippen molar-refractivity contribution < 1.29 is 33.4 Å². The highest BCUT2D eigenvalue weighted by molar-refractivity contribution is 6.23. The average Bonchev–Trinajstić information content (AvgIpc) is 3.07. The van der Waals surface area contributed by atoms with Crippen molar-refractivity contribution in [1.82, 2.24) is 15.5 Å². The topological polar surface area (TPSA) is 131 Å². The molecule has 194 valence electrons. The monoisotopic (exact) mass is 507 g/mol. The van der Waals surface area contributed by atoms with Gasteiger partial charge in [-0.05, 0) is 56.0 Å². The van der Waals surface area contributed by atoms with Crippen molar-refractivity contribution in [3.63, 3.8) is 0 Å². The molecule has 1 atom stereocenters. The third-order valence-electron chi connectivity index (χ3n) is 5.90. The zero-order chi connectivity index (χ0) is 26.7. The molecule has 1 unspecified atom stereocenters. The molecule has 0 spiro atoms. The number of ether oxygens (including phenoxy) is 2. The number of nitrogens with one attached hydrogen (secondary N) is 2. The van der Waals surface area contributed by atoms with Crippen molar-refractivity contribution in [2.45, 2.75) is 65.0 Å². The fourth-order valence-electron chi connectivity index (χ4n) is 4.14. The van der Waals surface area contributed by atoms with Gasteiger partial charge in [-0.3, -0.25) is 29.4 Å². The summed E-state index contributed by atoms with van der Waals surface area (Å²) in [7, 11) is 0. The Balaban J connectivity index is 1.30. The molecule has 37 heavy (non-hydrogen) atoms. The van der Waals surface area contributed by atoms with Gasteiger partial charge in [-0.1, -0.05) is 30.3 Å². The van der Waals surface area contributed by atoms with Crippen molar-refractivity contribution in [3.05, 3.63) is 70.3 Å². The zero-order valence-corrected chi connectivity index (χ0v) is 21.0. The highest BCUT2D eigenvalue weighted by Gasteiger charge is 2.44. The number of piperidine rings is 1. The van der Waals surface area contributed by atoms with E-state index in [1.54, 1.807) is 39.0 Å². The van der Waals surface area contributed by atoms with Gasteiger partial charge in [0.25, 0.3) is 11.8 Å². The standard InChI is InChI=1S/C27H29N3O7/c1-27(2,3)37-26(35)28-13-16-4-6-17(7-5-16)14-36-15-18-8-9-19-20(12-18)25(34)30(24(19)33)21-10-11-22(31)29-23(21)32/h4-9,12,21H,10-11,13-15H2,1-3H3,(H,28,35)(H,29,31,32).